The van der Waals surface area contributed by atoms with Crippen LogP contribution in [0, 0.1) is 5.41 Å². The fourth-order valence-electron chi connectivity index (χ4n) is 3.11. The summed E-state index contributed by atoms with van der Waals surface area (Å²) >= 11 is 5.80. The van der Waals surface area contributed by atoms with Crippen molar-refractivity contribution in [3.8, 4) is 0 Å². The van der Waals surface area contributed by atoms with E-state index >= 15 is 0 Å². The minimum absolute atomic E-state index is 0.189. The second-order valence-electron chi connectivity index (χ2n) is 6.00. The molecule has 1 saturated carbocycles. The van der Waals surface area contributed by atoms with Gasteiger partial charge in [-0.05, 0) is 44.5 Å². The lowest BCUT2D eigenvalue weighted by atomic mass is 9.97. The van der Waals surface area contributed by atoms with Crippen LogP contribution in [0.2, 0.25) is 5.15 Å². The topological polar surface area (TPSA) is 71.2 Å². The zero-order valence-corrected chi connectivity index (χ0v) is 12.8. The third-order valence-electron chi connectivity index (χ3n) is 4.56. The minimum Gasteiger partial charge on any atom is -0.369 e. The second-order valence-corrected chi connectivity index (χ2v) is 6.38. The summed E-state index contributed by atoms with van der Waals surface area (Å²) in [7, 11) is 0. The Hall–Kier alpha value is -1.33. The van der Waals surface area contributed by atoms with Crippen molar-refractivity contribution in [3.63, 3.8) is 0 Å². The van der Waals surface area contributed by atoms with Crippen LogP contribution in [-0.4, -0.2) is 36.6 Å². The lowest BCUT2D eigenvalue weighted by Gasteiger charge is -2.37. The summed E-state index contributed by atoms with van der Waals surface area (Å²) < 4.78 is 0. The normalized spacial score (nSPS) is 29.6. The number of aromatic nitrogens is 1. The average molecular weight is 309 g/mol. The first kappa shape index (κ1) is 14.6. The minimum atomic E-state index is -0.260. The van der Waals surface area contributed by atoms with Crippen LogP contribution in [0.15, 0.2) is 18.2 Å². The molecule has 3 aliphatic rings. The molecule has 2 aliphatic heterocycles. The SMILES string of the molecule is C1CCNCC1.NC(=O)C12CC1N(c1cccc(Cl)n1)C2. The van der Waals surface area contributed by atoms with Gasteiger partial charge in [-0.25, -0.2) is 4.98 Å². The maximum atomic E-state index is 11.1. The number of anilines is 1. The van der Waals surface area contributed by atoms with E-state index in [1.807, 2.05) is 12.1 Å². The van der Waals surface area contributed by atoms with E-state index < -0.39 is 0 Å². The predicted octanol–water partition coefficient (Wildman–Crippen LogP) is 1.56. The fourth-order valence-corrected chi connectivity index (χ4v) is 3.27. The molecule has 1 aromatic rings. The molecule has 2 atom stereocenters. The largest absolute Gasteiger partial charge is 0.369 e. The van der Waals surface area contributed by atoms with Gasteiger partial charge < -0.3 is 16.0 Å². The Balaban J connectivity index is 0.000000186. The highest BCUT2D eigenvalue weighted by Crippen LogP contribution is 2.59. The van der Waals surface area contributed by atoms with Crippen molar-refractivity contribution in [2.75, 3.05) is 24.5 Å². The molecule has 21 heavy (non-hydrogen) atoms. The number of nitrogens with zero attached hydrogens (tertiary/aromatic N) is 2. The fraction of sp³-hybridized carbons (Fsp3) is 0.600. The van der Waals surface area contributed by atoms with E-state index in [4.69, 9.17) is 17.3 Å². The van der Waals surface area contributed by atoms with Gasteiger partial charge in [-0.15, -0.1) is 0 Å². The molecule has 2 saturated heterocycles. The van der Waals surface area contributed by atoms with Gasteiger partial charge in [0.2, 0.25) is 5.91 Å². The molecule has 3 heterocycles. The van der Waals surface area contributed by atoms with Gasteiger partial charge in [-0.2, -0.15) is 0 Å². The summed E-state index contributed by atoms with van der Waals surface area (Å²) in [6.07, 6.45) is 5.07. The quantitative estimate of drug-likeness (QED) is 0.813. The Morgan fingerprint density at radius 1 is 1.38 bits per heavy atom. The van der Waals surface area contributed by atoms with E-state index in [1.165, 1.54) is 32.4 Å². The highest BCUT2D eigenvalue weighted by Gasteiger charge is 2.70. The number of carbonyl (C=O) groups is 1. The van der Waals surface area contributed by atoms with Crippen molar-refractivity contribution in [1.82, 2.24) is 10.3 Å². The van der Waals surface area contributed by atoms with E-state index in [2.05, 4.69) is 15.2 Å². The number of hydrogen-bond donors (Lipinski definition) is 2. The van der Waals surface area contributed by atoms with Gasteiger partial charge in [0.05, 0.1) is 5.41 Å². The monoisotopic (exact) mass is 308 g/mol. The van der Waals surface area contributed by atoms with Gasteiger partial charge in [0.25, 0.3) is 0 Å². The molecule has 6 heteroatoms. The molecule has 1 amide bonds. The number of rotatable bonds is 2. The maximum Gasteiger partial charge on any atom is 0.227 e. The Morgan fingerprint density at radius 2 is 2.14 bits per heavy atom. The summed E-state index contributed by atoms with van der Waals surface area (Å²) in [6, 6.07) is 5.74. The Bertz CT molecular complexity index is 523. The maximum absolute atomic E-state index is 11.1. The smallest absolute Gasteiger partial charge is 0.227 e. The molecule has 0 radical (unpaired) electrons. The second kappa shape index (κ2) is 5.81. The summed E-state index contributed by atoms with van der Waals surface area (Å²) in [6.45, 7) is 3.18. The zero-order valence-electron chi connectivity index (χ0n) is 12.0. The number of pyridine rings is 1. The van der Waals surface area contributed by atoms with Crippen LogP contribution in [0.1, 0.15) is 25.7 Å². The van der Waals surface area contributed by atoms with Crippen LogP contribution in [0.4, 0.5) is 5.82 Å². The summed E-state index contributed by atoms with van der Waals surface area (Å²) in [5.74, 6) is 0.646. The molecule has 3 fully saturated rings. The molecule has 0 bridgehead atoms. The van der Waals surface area contributed by atoms with Crippen molar-refractivity contribution in [2.45, 2.75) is 31.7 Å². The molecular formula is C15H21ClN4O. The van der Waals surface area contributed by atoms with E-state index in [0.717, 1.165) is 12.2 Å². The number of hydrogen-bond acceptors (Lipinski definition) is 4. The number of halogens is 1. The lowest BCUT2D eigenvalue weighted by molar-refractivity contribution is -0.124. The Labute approximate surface area is 129 Å². The first-order valence-corrected chi connectivity index (χ1v) is 7.91. The van der Waals surface area contributed by atoms with Crippen molar-refractivity contribution in [2.24, 2.45) is 11.1 Å². The van der Waals surface area contributed by atoms with Gasteiger partial charge in [-0.3, -0.25) is 4.79 Å². The van der Waals surface area contributed by atoms with Crippen molar-refractivity contribution in [3.05, 3.63) is 23.4 Å². The van der Waals surface area contributed by atoms with Crippen LogP contribution in [0.5, 0.6) is 0 Å². The Morgan fingerprint density at radius 3 is 2.57 bits per heavy atom. The Kier molecular flexibility index (Phi) is 4.04. The summed E-state index contributed by atoms with van der Waals surface area (Å²) in [5.41, 5.74) is 5.07. The van der Waals surface area contributed by atoms with Crippen LogP contribution in [0.3, 0.4) is 0 Å². The molecule has 1 aliphatic carbocycles. The molecule has 0 spiro atoms. The molecular weight excluding hydrogens is 288 g/mol. The molecule has 1 aromatic heterocycles. The van der Waals surface area contributed by atoms with Gasteiger partial charge in [-0.1, -0.05) is 24.1 Å². The van der Waals surface area contributed by atoms with Gasteiger partial charge in [0.1, 0.15) is 11.0 Å². The standard InChI is InChI=1S/C10H10ClN3O.C5H11N/c11-7-2-1-3-8(13-7)14-5-10(9(12)15)4-6(10)14;1-2-4-6-5-3-1/h1-3,6H,4-5H2,(H2,12,15);6H,1-5H2. The third-order valence-corrected chi connectivity index (χ3v) is 4.77. The van der Waals surface area contributed by atoms with E-state index in [-0.39, 0.29) is 17.4 Å². The number of primary amides is 1. The van der Waals surface area contributed by atoms with E-state index in [9.17, 15) is 4.79 Å². The lowest BCUT2D eigenvalue weighted by Crippen LogP contribution is -2.53. The number of fused-ring (bicyclic) bond motifs is 1. The highest BCUT2D eigenvalue weighted by atomic mass is 35.5. The van der Waals surface area contributed by atoms with Crippen LogP contribution in [0.25, 0.3) is 0 Å². The third kappa shape index (κ3) is 2.85. The number of piperidine rings is 1. The van der Waals surface area contributed by atoms with Crippen LogP contribution in [-0.2, 0) is 4.79 Å². The van der Waals surface area contributed by atoms with Crippen molar-refractivity contribution >= 4 is 23.3 Å². The van der Waals surface area contributed by atoms with Crippen LogP contribution >= 0.6 is 11.6 Å². The predicted molar refractivity (Wildman–Crippen MR) is 83.3 cm³/mol. The summed E-state index contributed by atoms with van der Waals surface area (Å²) in [4.78, 5) is 17.4. The molecule has 5 nitrogen and oxygen atoms in total. The van der Waals surface area contributed by atoms with Crippen molar-refractivity contribution in [1.29, 1.82) is 0 Å². The number of nitrogens with two attached hydrogens (primary N) is 1. The first-order valence-electron chi connectivity index (χ1n) is 7.53. The molecule has 114 valence electrons. The molecule has 4 rings (SSSR count). The zero-order chi connectivity index (χ0) is 14.9. The number of nitrogens with one attached hydrogen (secondary N) is 1. The first-order chi connectivity index (χ1) is 10.1. The van der Waals surface area contributed by atoms with Gasteiger partial charge in [0.15, 0.2) is 0 Å². The number of amides is 1. The van der Waals surface area contributed by atoms with Crippen LogP contribution < -0.4 is 16.0 Å². The molecule has 0 aromatic carbocycles. The van der Waals surface area contributed by atoms with Gasteiger partial charge in [0, 0.05) is 12.6 Å². The van der Waals surface area contributed by atoms with Gasteiger partial charge >= 0.3 is 0 Å². The summed E-state index contributed by atoms with van der Waals surface area (Å²) in [5, 5.41) is 3.76. The van der Waals surface area contributed by atoms with E-state index in [1.54, 1.807) is 6.07 Å². The molecule has 2 unspecified atom stereocenters. The average Bonchev–Trinajstić information content (AvgIpc) is 3.07. The molecule has 3 N–H and O–H groups in total. The van der Waals surface area contributed by atoms with E-state index in [0.29, 0.717) is 11.7 Å². The van der Waals surface area contributed by atoms with Crippen molar-refractivity contribution < 1.29 is 4.79 Å². The number of carbonyl (C=O) groups excluding carboxylic acids is 1. The highest BCUT2D eigenvalue weighted by molar-refractivity contribution is 6.29.